The van der Waals surface area contributed by atoms with E-state index in [4.69, 9.17) is 9.47 Å². The summed E-state index contributed by atoms with van der Waals surface area (Å²) in [6.07, 6.45) is 4.09. The first kappa shape index (κ1) is 16.0. The van der Waals surface area contributed by atoms with Gasteiger partial charge in [0.05, 0.1) is 19.3 Å². The van der Waals surface area contributed by atoms with Gasteiger partial charge in [0.1, 0.15) is 0 Å². The molecule has 0 aromatic heterocycles. The van der Waals surface area contributed by atoms with E-state index in [-0.39, 0.29) is 31.0 Å². The first-order chi connectivity index (χ1) is 9.96. The molecular weight excluding hydrogens is 272 g/mol. The molecular formula is C16H24O5. The number of aliphatic hydroxyl groups excluding tert-OH is 1. The van der Waals surface area contributed by atoms with Gasteiger partial charge in [-0.25, -0.2) is 0 Å². The summed E-state index contributed by atoms with van der Waals surface area (Å²) < 4.78 is 10.2. The highest BCUT2D eigenvalue weighted by Crippen LogP contribution is 2.52. The summed E-state index contributed by atoms with van der Waals surface area (Å²) in [5, 5.41) is 10.3. The smallest absolute Gasteiger partial charge is 0.323 e. The van der Waals surface area contributed by atoms with Crippen LogP contribution < -0.4 is 0 Å². The fourth-order valence-electron chi connectivity index (χ4n) is 3.55. The second-order valence-corrected chi connectivity index (χ2v) is 5.99. The van der Waals surface area contributed by atoms with Crippen molar-refractivity contribution in [1.29, 1.82) is 0 Å². The van der Waals surface area contributed by atoms with Crippen molar-refractivity contribution >= 4 is 11.9 Å². The Labute approximate surface area is 125 Å². The lowest BCUT2D eigenvalue weighted by molar-refractivity contribution is -0.172. The largest absolute Gasteiger partial charge is 0.465 e. The van der Waals surface area contributed by atoms with Crippen LogP contribution >= 0.6 is 0 Å². The minimum atomic E-state index is -1.27. The number of ether oxygens (including phenoxy) is 2. The molecule has 0 radical (unpaired) electrons. The van der Waals surface area contributed by atoms with Crippen LogP contribution in [0.1, 0.15) is 33.6 Å². The predicted molar refractivity (Wildman–Crippen MR) is 76.2 cm³/mol. The average molecular weight is 296 g/mol. The van der Waals surface area contributed by atoms with Crippen molar-refractivity contribution in [3.8, 4) is 0 Å². The van der Waals surface area contributed by atoms with Crippen molar-refractivity contribution in [1.82, 2.24) is 0 Å². The molecule has 0 saturated heterocycles. The average Bonchev–Trinajstić information content (AvgIpc) is 2.85. The normalized spacial score (nSPS) is 33.3. The number of rotatable bonds is 4. The number of fused-ring (bicyclic) bond motifs is 1. The Morgan fingerprint density at radius 2 is 1.71 bits per heavy atom. The molecule has 1 fully saturated rings. The number of hydrogen-bond donors (Lipinski definition) is 1. The number of allylic oxidation sites excluding steroid dienone is 1. The monoisotopic (exact) mass is 296 g/mol. The van der Waals surface area contributed by atoms with Crippen molar-refractivity contribution in [2.45, 2.75) is 39.7 Å². The zero-order chi connectivity index (χ0) is 15.6. The quantitative estimate of drug-likeness (QED) is 0.485. The van der Waals surface area contributed by atoms with Crippen LogP contribution in [0.5, 0.6) is 0 Å². The first-order valence-electron chi connectivity index (χ1n) is 7.67. The summed E-state index contributed by atoms with van der Waals surface area (Å²) in [7, 11) is 0. The van der Waals surface area contributed by atoms with E-state index in [1.165, 1.54) is 0 Å². The summed E-state index contributed by atoms with van der Waals surface area (Å²) in [6, 6.07) is 0. The molecule has 2 aliphatic rings. The summed E-state index contributed by atoms with van der Waals surface area (Å²) >= 11 is 0. The molecule has 0 heterocycles. The third-order valence-corrected chi connectivity index (χ3v) is 4.69. The minimum absolute atomic E-state index is 0.0185. The van der Waals surface area contributed by atoms with Crippen molar-refractivity contribution in [3.05, 3.63) is 12.2 Å². The summed E-state index contributed by atoms with van der Waals surface area (Å²) in [5.41, 5.74) is -1.27. The van der Waals surface area contributed by atoms with E-state index < -0.39 is 23.5 Å². The van der Waals surface area contributed by atoms with Gasteiger partial charge < -0.3 is 14.6 Å². The summed E-state index contributed by atoms with van der Waals surface area (Å²) in [6.45, 7) is 5.82. The van der Waals surface area contributed by atoms with Crippen LogP contribution in [0.25, 0.3) is 0 Å². The van der Waals surface area contributed by atoms with Gasteiger partial charge in [0, 0.05) is 5.92 Å². The van der Waals surface area contributed by atoms with Crippen LogP contribution in [0, 0.1) is 23.2 Å². The molecule has 118 valence electrons. The highest BCUT2D eigenvalue weighted by Gasteiger charge is 2.59. The zero-order valence-electron chi connectivity index (χ0n) is 12.9. The molecule has 4 atom stereocenters. The highest BCUT2D eigenvalue weighted by atomic mass is 16.6. The van der Waals surface area contributed by atoms with E-state index in [1.54, 1.807) is 13.8 Å². The molecule has 21 heavy (non-hydrogen) atoms. The Bertz CT molecular complexity index is 424. The van der Waals surface area contributed by atoms with E-state index >= 15 is 0 Å². The van der Waals surface area contributed by atoms with Gasteiger partial charge in [-0.2, -0.15) is 0 Å². The molecule has 0 amide bonds. The van der Waals surface area contributed by atoms with Crippen molar-refractivity contribution in [2.75, 3.05) is 13.2 Å². The fraction of sp³-hybridized carbons (Fsp3) is 0.750. The van der Waals surface area contributed by atoms with Gasteiger partial charge in [0.2, 0.25) is 0 Å². The maximum Gasteiger partial charge on any atom is 0.323 e. The van der Waals surface area contributed by atoms with Gasteiger partial charge >= 0.3 is 11.9 Å². The van der Waals surface area contributed by atoms with E-state index in [1.807, 2.05) is 19.1 Å². The van der Waals surface area contributed by atoms with Crippen LogP contribution in [-0.4, -0.2) is 36.4 Å². The molecule has 5 heteroatoms. The molecule has 0 aliphatic heterocycles. The molecule has 1 N–H and O–H groups in total. The SMILES string of the molecule is CCOC(=O)C1(C(=O)OCC)C[C@H]2[C@H](O)[C@H](C)C=C[C@@H]2C1. The standard InChI is InChI=1S/C16H24O5/c1-4-20-14(18)16(15(19)21-5-2)8-11-7-6-10(3)13(17)12(11)9-16/h6-7,10-13,17H,4-5,8-9H2,1-3H3/t10-,11-,12-,13-/m1/s1. The zero-order valence-corrected chi connectivity index (χ0v) is 12.9. The van der Waals surface area contributed by atoms with Crippen LogP contribution in [0.4, 0.5) is 0 Å². The van der Waals surface area contributed by atoms with Gasteiger partial charge in [-0.3, -0.25) is 9.59 Å². The second-order valence-electron chi connectivity index (χ2n) is 5.99. The molecule has 0 aromatic rings. The lowest BCUT2D eigenvalue weighted by Crippen LogP contribution is -2.41. The van der Waals surface area contributed by atoms with Gasteiger partial charge in [-0.1, -0.05) is 19.1 Å². The molecule has 0 spiro atoms. The maximum atomic E-state index is 12.4. The molecule has 0 unspecified atom stereocenters. The predicted octanol–water partition coefficient (Wildman–Crippen LogP) is 1.69. The number of carbonyl (C=O) groups is 2. The molecule has 1 saturated carbocycles. The Balaban J connectivity index is 2.30. The first-order valence-corrected chi connectivity index (χ1v) is 7.67. The minimum Gasteiger partial charge on any atom is -0.465 e. The van der Waals surface area contributed by atoms with Crippen LogP contribution in [0.2, 0.25) is 0 Å². The Hall–Kier alpha value is -1.36. The van der Waals surface area contributed by atoms with Crippen LogP contribution in [0.3, 0.4) is 0 Å². The van der Waals surface area contributed by atoms with E-state index in [0.29, 0.717) is 12.8 Å². The third-order valence-electron chi connectivity index (χ3n) is 4.69. The van der Waals surface area contributed by atoms with Crippen molar-refractivity contribution in [3.63, 3.8) is 0 Å². The third kappa shape index (κ3) is 2.71. The lowest BCUT2D eigenvalue weighted by atomic mass is 9.79. The Kier molecular flexibility index (Phi) is 4.71. The molecule has 5 nitrogen and oxygen atoms in total. The fourth-order valence-corrected chi connectivity index (χ4v) is 3.55. The maximum absolute atomic E-state index is 12.4. The number of aliphatic hydroxyl groups is 1. The van der Waals surface area contributed by atoms with Gasteiger partial charge in [0.15, 0.2) is 5.41 Å². The lowest BCUT2D eigenvalue weighted by Gasteiger charge is -2.30. The number of esters is 2. The number of carbonyl (C=O) groups excluding carboxylic acids is 2. The van der Waals surface area contributed by atoms with Crippen molar-refractivity contribution < 1.29 is 24.2 Å². The van der Waals surface area contributed by atoms with Crippen LogP contribution in [0.15, 0.2) is 12.2 Å². The van der Waals surface area contributed by atoms with Crippen molar-refractivity contribution in [2.24, 2.45) is 23.2 Å². The van der Waals surface area contributed by atoms with Gasteiger partial charge in [-0.05, 0) is 38.5 Å². The molecule has 0 aromatic carbocycles. The second kappa shape index (κ2) is 6.18. The Morgan fingerprint density at radius 3 is 2.24 bits per heavy atom. The van der Waals surface area contributed by atoms with Crippen LogP contribution in [-0.2, 0) is 19.1 Å². The molecule has 2 aliphatic carbocycles. The van der Waals surface area contributed by atoms with E-state index in [2.05, 4.69) is 0 Å². The molecule has 0 bridgehead atoms. The molecule has 2 rings (SSSR count). The summed E-state index contributed by atoms with van der Waals surface area (Å²) in [5.74, 6) is -1.09. The summed E-state index contributed by atoms with van der Waals surface area (Å²) in [4.78, 5) is 24.8. The number of hydrogen-bond acceptors (Lipinski definition) is 5. The topological polar surface area (TPSA) is 72.8 Å². The van der Waals surface area contributed by atoms with E-state index in [0.717, 1.165) is 0 Å². The highest BCUT2D eigenvalue weighted by molar-refractivity contribution is 6.00. The van der Waals surface area contributed by atoms with E-state index in [9.17, 15) is 14.7 Å². The Morgan fingerprint density at radius 1 is 1.14 bits per heavy atom. The van der Waals surface area contributed by atoms with Gasteiger partial charge in [0.25, 0.3) is 0 Å². The van der Waals surface area contributed by atoms with Gasteiger partial charge in [-0.15, -0.1) is 0 Å².